The average Bonchev–Trinajstić information content (AvgIpc) is 2.94. The van der Waals surface area contributed by atoms with Gasteiger partial charge < -0.3 is 14.8 Å². The minimum absolute atomic E-state index is 0.0461. The molecule has 7 nitrogen and oxygen atoms in total. The summed E-state index contributed by atoms with van der Waals surface area (Å²) < 4.78 is 11.2. The molecule has 0 saturated carbocycles. The summed E-state index contributed by atoms with van der Waals surface area (Å²) in [4.78, 5) is 11.9. The number of nitrogens with zero attached hydrogens (tertiary/aromatic N) is 2. The van der Waals surface area contributed by atoms with Gasteiger partial charge in [0.15, 0.2) is 5.69 Å². The zero-order valence-corrected chi connectivity index (χ0v) is 11.8. The van der Waals surface area contributed by atoms with E-state index in [4.69, 9.17) is 9.47 Å². The highest BCUT2D eigenvalue weighted by atomic mass is 16.5. The smallest absolute Gasteiger partial charge is 0.273 e. The Balaban J connectivity index is 1.89. The molecule has 0 bridgehead atoms. The van der Waals surface area contributed by atoms with Crippen molar-refractivity contribution in [3.05, 3.63) is 23.5 Å². The molecule has 1 aliphatic rings. The number of nitrogens with one attached hydrogen (secondary N) is 2. The molecule has 0 aliphatic carbocycles. The van der Waals surface area contributed by atoms with Gasteiger partial charge >= 0.3 is 0 Å². The van der Waals surface area contributed by atoms with Crippen LogP contribution in [0.3, 0.4) is 0 Å². The lowest BCUT2D eigenvalue weighted by Crippen LogP contribution is -2.50. The number of carbonyl (C=O) groups is 1. The van der Waals surface area contributed by atoms with Crippen LogP contribution in [0.1, 0.15) is 30.8 Å². The van der Waals surface area contributed by atoms with Crippen LogP contribution in [0, 0.1) is 0 Å². The SMILES string of the molecule is CC(C)=CCO[C@@H]1CCOC[C@@H]1NC(=O)c1cn[nH]n1. The fraction of sp³-hybridized carbons (Fsp3) is 0.615. The van der Waals surface area contributed by atoms with Crippen LogP contribution in [0.25, 0.3) is 0 Å². The molecule has 2 rings (SSSR count). The Morgan fingerprint density at radius 2 is 2.50 bits per heavy atom. The molecule has 20 heavy (non-hydrogen) atoms. The second-order valence-electron chi connectivity index (χ2n) is 4.95. The molecule has 0 radical (unpaired) electrons. The van der Waals surface area contributed by atoms with Crippen molar-refractivity contribution in [3.8, 4) is 0 Å². The molecule has 0 aromatic carbocycles. The first kappa shape index (κ1) is 14.7. The zero-order chi connectivity index (χ0) is 14.4. The Morgan fingerprint density at radius 1 is 1.65 bits per heavy atom. The number of ether oxygens (including phenoxy) is 2. The molecule has 1 aromatic heterocycles. The van der Waals surface area contributed by atoms with E-state index in [0.717, 1.165) is 6.42 Å². The van der Waals surface area contributed by atoms with E-state index >= 15 is 0 Å². The predicted molar refractivity (Wildman–Crippen MR) is 72.2 cm³/mol. The van der Waals surface area contributed by atoms with E-state index in [0.29, 0.717) is 19.8 Å². The number of amides is 1. The maximum atomic E-state index is 11.9. The Hall–Kier alpha value is -1.73. The zero-order valence-electron chi connectivity index (χ0n) is 11.8. The second-order valence-corrected chi connectivity index (χ2v) is 4.95. The van der Waals surface area contributed by atoms with Crippen LogP contribution >= 0.6 is 0 Å². The molecule has 1 aliphatic heterocycles. The normalized spacial score (nSPS) is 22.3. The Morgan fingerprint density at radius 3 is 3.20 bits per heavy atom. The number of hydrogen-bond donors (Lipinski definition) is 2. The van der Waals surface area contributed by atoms with Crippen molar-refractivity contribution in [1.82, 2.24) is 20.7 Å². The third kappa shape index (κ3) is 4.14. The molecule has 0 spiro atoms. The number of carbonyl (C=O) groups excluding carboxylic acids is 1. The van der Waals surface area contributed by atoms with E-state index in [-0.39, 0.29) is 23.7 Å². The van der Waals surface area contributed by atoms with Gasteiger partial charge in [0, 0.05) is 6.61 Å². The molecular weight excluding hydrogens is 260 g/mol. The van der Waals surface area contributed by atoms with E-state index in [1.165, 1.54) is 11.8 Å². The van der Waals surface area contributed by atoms with Crippen LogP contribution in [-0.2, 0) is 9.47 Å². The number of H-pyrrole nitrogens is 1. The monoisotopic (exact) mass is 280 g/mol. The Kier molecular flexibility index (Phi) is 5.25. The molecule has 2 heterocycles. The summed E-state index contributed by atoms with van der Waals surface area (Å²) in [5, 5.41) is 12.7. The fourth-order valence-corrected chi connectivity index (χ4v) is 1.94. The van der Waals surface area contributed by atoms with Gasteiger partial charge in [0.1, 0.15) is 0 Å². The summed E-state index contributed by atoms with van der Waals surface area (Å²) in [6.07, 6.45) is 4.12. The largest absolute Gasteiger partial charge is 0.379 e. The van der Waals surface area contributed by atoms with Crippen molar-refractivity contribution in [1.29, 1.82) is 0 Å². The Bertz CT molecular complexity index is 454. The van der Waals surface area contributed by atoms with Crippen LogP contribution < -0.4 is 5.32 Å². The molecular formula is C13H20N4O3. The van der Waals surface area contributed by atoms with E-state index in [1.807, 2.05) is 19.9 Å². The number of aromatic nitrogens is 3. The maximum absolute atomic E-state index is 11.9. The molecule has 1 fully saturated rings. The van der Waals surface area contributed by atoms with E-state index < -0.39 is 0 Å². The van der Waals surface area contributed by atoms with Crippen molar-refractivity contribution >= 4 is 5.91 Å². The van der Waals surface area contributed by atoms with Gasteiger partial charge in [-0.05, 0) is 20.3 Å². The molecule has 1 aromatic rings. The number of rotatable bonds is 5. The third-order valence-electron chi connectivity index (χ3n) is 3.06. The van der Waals surface area contributed by atoms with Gasteiger partial charge in [-0.25, -0.2) is 0 Å². The summed E-state index contributed by atoms with van der Waals surface area (Å²) in [5.74, 6) is -0.273. The molecule has 1 saturated heterocycles. The molecule has 110 valence electrons. The highest BCUT2D eigenvalue weighted by Crippen LogP contribution is 2.13. The summed E-state index contributed by atoms with van der Waals surface area (Å²) in [6.45, 7) is 5.69. The lowest BCUT2D eigenvalue weighted by atomic mass is 10.1. The summed E-state index contributed by atoms with van der Waals surface area (Å²) in [7, 11) is 0. The summed E-state index contributed by atoms with van der Waals surface area (Å²) in [5.41, 5.74) is 1.47. The minimum atomic E-state index is -0.273. The minimum Gasteiger partial charge on any atom is -0.379 e. The maximum Gasteiger partial charge on any atom is 0.273 e. The van der Waals surface area contributed by atoms with Gasteiger partial charge in [0.25, 0.3) is 5.91 Å². The predicted octanol–water partition coefficient (Wildman–Crippen LogP) is 0.675. The van der Waals surface area contributed by atoms with Crippen molar-refractivity contribution in [2.45, 2.75) is 32.4 Å². The standard InChI is InChI=1S/C13H20N4O3/c1-9(2)3-6-20-12-4-5-19-8-11(12)15-13(18)10-7-14-17-16-10/h3,7,11-12H,4-6,8H2,1-2H3,(H,15,18)(H,14,16,17)/t11-,12+/m0/s1. The van der Waals surface area contributed by atoms with Crippen LogP contribution in [-0.4, -0.2) is 53.3 Å². The topological polar surface area (TPSA) is 89.1 Å². The van der Waals surface area contributed by atoms with E-state index in [1.54, 1.807) is 0 Å². The third-order valence-corrected chi connectivity index (χ3v) is 3.06. The van der Waals surface area contributed by atoms with Gasteiger partial charge in [-0.1, -0.05) is 11.6 Å². The van der Waals surface area contributed by atoms with Gasteiger partial charge in [-0.3, -0.25) is 4.79 Å². The van der Waals surface area contributed by atoms with Gasteiger partial charge in [0.05, 0.1) is 31.6 Å². The highest BCUT2D eigenvalue weighted by Gasteiger charge is 2.28. The van der Waals surface area contributed by atoms with Crippen molar-refractivity contribution in [2.75, 3.05) is 19.8 Å². The number of aromatic amines is 1. The molecule has 1 amide bonds. The first-order valence-electron chi connectivity index (χ1n) is 6.66. The van der Waals surface area contributed by atoms with E-state index in [2.05, 4.69) is 20.7 Å². The average molecular weight is 280 g/mol. The second kappa shape index (κ2) is 7.16. The summed E-state index contributed by atoms with van der Waals surface area (Å²) >= 11 is 0. The Labute approximate surface area is 117 Å². The van der Waals surface area contributed by atoms with Crippen molar-refractivity contribution < 1.29 is 14.3 Å². The van der Waals surface area contributed by atoms with Crippen molar-refractivity contribution in [3.63, 3.8) is 0 Å². The molecule has 0 unspecified atom stereocenters. The van der Waals surface area contributed by atoms with Gasteiger partial charge in [0.2, 0.25) is 0 Å². The molecule has 2 atom stereocenters. The first-order chi connectivity index (χ1) is 9.66. The van der Waals surface area contributed by atoms with Gasteiger partial charge in [-0.2, -0.15) is 15.4 Å². The van der Waals surface area contributed by atoms with E-state index in [9.17, 15) is 4.79 Å². The van der Waals surface area contributed by atoms with Crippen LogP contribution in [0.2, 0.25) is 0 Å². The lowest BCUT2D eigenvalue weighted by Gasteiger charge is -2.31. The molecule has 2 N–H and O–H groups in total. The van der Waals surface area contributed by atoms with Crippen LogP contribution in [0.5, 0.6) is 0 Å². The van der Waals surface area contributed by atoms with Crippen LogP contribution in [0.4, 0.5) is 0 Å². The lowest BCUT2D eigenvalue weighted by molar-refractivity contribution is -0.0457. The summed E-state index contributed by atoms with van der Waals surface area (Å²) in [6, 6.07) is -0.168. The number of allylic oxidation sites excluding steroid dienone is 1. The number of hydrogen-bond acceptors (Lipinski definition) is 5. The first-order valence-corrected chi connectivity index (χ1v) is 6.66. The molecule has 7 heteroatoms. The van der Waals surface area contributed by atoms with Crippen molar-refractivity contribution in [2.24, 2.45) is 0 Å². The highest BCUT2D eigenvalue weighted by molar-refractivity contribution is 5.92. The van der Waals surface area contributed by atoms with Crippen LogP contribution in [0.15, 0.2) is 17.8 Å². The fourth-order valence-electron chi connectivity index (χ4n) is 1.94. The quantitative estimate of drug-likeness (QED) is 0.774. The van der Waals surface area contributed by atoms with Gasteiger partial charge in [-0.15, -0.1) is 0 Å².